The van der Waals surface area contributed by atoms with Gasteiger partial charge in [-0.1, -0.05) is 31.2 Å². The Morgan fingerprint density at radius 2 is 1.94 bits per heavy atom. The summed E-state index contributed by atoms with van der Waals surface area (Å²) in [6.45, 7) is 7.64. The van der Waals surface area contributed by atoms with Crippen LogP contribution in [0.1, 0.15) is 35.3 Å². The quantitative estimate of drug-likeness (QED) is 0.561. The molecule has 1 aliphatic rings. The minimum atomic E-state index is -0.321. The number of nitrogens with zero attached hydrogens (tertiary/aromatic N) is 5. The predicted octanol–water partition coefficient (Wildman–Crippen LogP) is 3.20. The summed E-state index contributed by atoms with van der Waals surface area (Å²) >= 11 is 0. The van der Waals surface area contributed by atoms with Crippen LogP contribution >= 0.6 is 0 Å². The summed E-state index contributed by atoms with van der Waals surface area (Å²) in [5.74, 6) is 0.174. The maximum Gasteiger partial charge on any atom is 0.259 e. The van der Waals surface area contributed by atoms with Gasteiger partial charge in [-0.15, -0.1) is 0 Å². The molecule has 184 valence electrons. The van der Waals surface area contributed by atoms with E-state index in [1.54, 1.807) is 23.5 Å². The third-order valence-electron chi connectivity index (χ3n) is 6.54. The van der Waals surface area contributed by atoms with Gasteiger partial charge in [0.05, 0.1) is 12.6 Å². The summed E-state index contributed by atoms with van der Waals surface area (Å²) in [4.78, 5) is 30.4. The Morgan fingerprint density at radius 3 is 2.66 bits per heavy atom. The second-order valence-electron chi connectivity index (χ2n) is 9.46. The van der Waals surface area contributed by atoms with Crippen molar-refractivity contribution in [3.8, 4) is 17.0 Å². The number of likely N-dealkylation sites (N-methyl/N-ethyl adjacent to an activating group) is 1. The molecule has 0 saturated heterocycles. The van der Waals surface area contributed by atoms with Crippen LogP contribution in [0.15, 0.2) is 55.2 Å². The number of pyridine rings is 1. The highest BCUT2D eigenvalue weighted by Gasteiger charge is 2.34. The van der Waals surface area contributed by atoms with Crippen molar-refractivity contribution < 1.29 is 14.6 Å². The molecular weight excluding hydrogens is 442 g/mol. The van der Waals surface area contributed by atoms with Crippen LogP contribution in [0, 0.1) is 12.8 Å². The molecule has 1 aromatic carbocycles. The monoisotopic (exact) mass is 475 g/mol. The summed E-state index contributed by atoms with van der Waals surface area (Å²) in [5.41, 5.74) is 4.42. The van der Waals surface area contributed by atoms with Gasteiger partial charge in [-0.2, -0.15) is 0 Å². The minimum absolute atomic E-state index is 0.0217. The van der Waals surface area contributed by atoms with E-state index in [1.807, 2.05) is 51.2 Å². The van der Waals surface area contributed by atoms with Crippen molar-refractivity contribution in [1.29, 1.82) is 0 Å². The number of aliphatic hydroxyl groups excluding tert-OH is 1. The maximum absolute atomic E-state index is 13.6. The van der Waals surface area contributed by atoms with E-state index >= 15 is 0 Å². The summed E-state index contributed by atoms with van der Waals surface area (Å²) in [6.07, 6.45) is 6.69. The molecule has 1 N–H and O–H groups in total. The zero-order valence-electron chi connectivity index (χ0n) is 20.8. The normalized spacial score (nSPS) is 19.0. The Bertz CT molecular complexity index is 1160. The van der Waals surface area contributed by atoms with Crippen LogP contribution in [0.3, 0.4) is 0 Å². The van der Waals surface area contributed by atoms with Crippen LogP contribution in [-0.4, -0.2) is 74.7 Å². The van der Waals surface area contributed by atoms with Crippen molar-refractivity contribution in [3.05, 3.63) is 71.9 Å². The van der Waals surface area contributed by atoms with E-state index in [-0.39, 0.29) is 30.6 Å². The van der Waals surface area contributed by atoms with Gasteiger partial charge in [0.25, 0.3) is 5.91 Å². The number of aromatic nitrogens is 3. The average molecular weight is 476 g/mol. The van der Waals surface area contributed by atoms with E-state index in [0.717, 1.165) is 22.3 Å². The fourth-order valence-corrected chi connectivity index (χ4v) is 4.46. The molecule has 35 heavy (non-hydrogen) atoms. The molecule has 2 aromatic heterocycles. The van der Waals surface area contributed by atoms with Crippen molar-refractivity contribution in [2.75, 3.05) is 26.7 Å². The van der Waals surface area contributed by atoms with Gasteiger partial charge in [0.2, 0.25) is 5.88 Å². The Morgan fingerprint density at radius 1 is 1.20 bits per heavy atom. The molecule has 8 heteroatoms. The van der Waals surface area contributed by atoms with Crippen LogP contribution in [0.25, 0.3) is 11.1 Å². The molecule has 0 bridgehead atoms. The van der Waals surface area contributed by atoms with Crippen molar-refractivity contribution in [2.24, 2.45) is 5.92 Å². The zero-order chi connectivity index (χ0) is 24.9. The predicted molar refractivity (Wildman–Crippen MR) is 134 cm³/mol. The minimum Gasteiger partial charge on any atom is -0.472 e. The number of aliphatic hydroxyl groups is 1. The number of hydrogen-bond acceptors (Lipinski definition) is 7. The maximum atomic E-state index is 13.6. The van der Waals surface area contributed by atoms with Crippen LogP contribution in [0.5, 0.6) is 5.88 Å². The first-order chi connectivity index (χ1) is 16.9. The van der Waals surface area contributed by atoms with Gasteiger partial charge in [0.1, 0.15) is 18.0 Å². The van der Waals surface area contributed by atoms with Crippen LogP contribution in [-0.2, 0) is 6.54 Å². The van der Waals surface area contributed by atoms with E-state index in [9.17, 15) is 9.90 Å². The highest BCUT2D eigenvalue weighted by Crippen LogP contribution is 2.31. The molecule has 3 aromatic rings. The third-order valence-corrected chi connectivity index (χ3v) is 6.54. The molecule has 1 aliphatic heterocycles. The third kappa shape index (κ3) is 5.66. The van der Waals surface area contributed by atoms with E-state index in [2.05, 4.69) is 26.8 Å². The molecule has 3 heterocycles. The van der Waals surface area contributed by atoms with Crippen LogP contribution in [0.4, 0.5) is 0 Å². The number of aryl methyl sites for hydroxylation is 1. The van der Waals surface area contributed by atoms with E-state index < -0.39 is 0 Å². The number of fused-ring (bicyclic) bond motifs is 1. The fraction of sp³-hybridized carbons (Fsp3) is 0.407. The fourth-order valence-electron chi connectivity index (χ4n) is 4.46. The molecule has 0 unspecified atom stereocenters. The molecule has 0 aliphatic carbocycles. The number of amides is 1. The summed E-state index contributed by atoms with van der Waals surface area (Å²) in [6, 6.07) is 9.57. The van der Waals surface area contributed by atoms with Gasteiger partial charge < -0.3 is 14.7 Å². The number of ether oxygens (including phenoxy) is 1. The standard InChI is InChI=1S/C27H33N5O3/c1-18-7-5-6-8-23(18)22-9-24-26(30-12-22)35-25(15-31(4)14-21-10-28-17-29-11-21)19(2)13-32(27(24)34)20(3)16-33/h5-12,17,19-20,25,33H,13-16H2,1-4H3/t19-,20-,25+/m1/s1. The highest BCUT2D eigenvalue weighted by molar-refractivity contribution is 5.98. The Balaban J connectivity index is 1.67. The molecule has 3 atom stereocenters. The lowest BCUT2D eigenvalue weighted by atomic mass is 9.98. The van der Waals surface area contributed by atoms with Gasteiger partial charge in [0.15, 0.2) is 0 Å². The Hall–Kier alpha value is -3.36. The molecule has 0 saturated carbocycles. The number of benzene rings is 1. The molecule has 0 radical (unpaired) electrons. The largest absolute Gasteiger partial charge is 0.472 e. The summed E-state index contributed by atoms with van der Waals surface area (Å²) < 4.78 is 6.42. The number of carbonyl (C=O) groups excluding carboxylic acids is 1. The first-order valence-electron chi connectivity index (χ1n) is 11.9. The molecule has 0 spiro atoms. The molecule has 4 rings (SSSR count). The van der Waals surface area contributed by atoms with Crippen molar-refractivity contribution in [1.82, 2.24) is 24.8 Å². The SMILES string of the molecule is Cc1ccccc1-c1cnc2c(c1)C(=O)N([C@H](C)CO)C[C@@H](C)[C@H](CN(C)Cc1cncnc1)O2. The molecule has 8 nitrogen and oxygen atoms in total. The first kappa shape index (κ1) is 24.8. The lowest BCUT2D eigenvalue weighted by Gasteiger charge is -2.37. The number of hydrogen-bond donors (Lipinski definition) is 1. The lowest BCUT2D eigenvalue weighted by molar-refractivity contribution is 0.0325. The van der Waals surface area contributed by atoms with Gasteiger partial charge in [-0.25, -0.2) is 15.0 Å². The van der Waals surface area contributed by atoms with Gasteiger partial charge >= 0.3 is 0 Å². The summed E-state index contributed by atoms with van der Waals surface area (Å²) in [5, 5.41) is 9.88. The Labute approximate surface area is 206 Å². The lowest BCUT2D eigenvalue weighted by Crippen LogP contribution is -2.49. The summed E-state index contributed by atoms with van der Waals surface area (Å²) in [7, 11) is 2.02. The van der Waals surface area contributed by atoms with E-state index in [0.29, 0.717) is 31.1 Å². The molecule has 1 amide bonds. The van der Waals surface area contributed by atoms with E-state index in [1.165, 1.54) is 6.33 Å². The van der Waals surface area contributed by atoms with E-state index in [4.69, 9.17) is 4.74 Å². The number of rotatable bonds is 7. The van der Waals surface area contributed by atoms with Gasteiger partial charge in [-0.05, 0) is 38.1 Å². The molecule has 0 fully saturated rings. The first-order valence-corrected chi connectivity index (χ1v) is 11.9. The average Bonchev–Trinajstić information content (AvgIpc) is 2.86. The van der Waals surface area contributed by atoms with Crippen LogP contribution in [0.2, 0.25) is 0 Å². The van der Waals surface area contributed by atoms with Gasteiger partial charge in [-0.3, -0.25) is 9.69 Å². The number of carbonyl (C=O) groups is 1. The smallest absolute Gasteiger partial charge is 0.259 e. The van der Waals surface area contributed by atoms with Crippen LogP contribution < -0.4 is 4.74 Å². The van der Waals surface area contributed by atoms with Crippen molar-refractivity contribution in [2.45, 2.75) is 39.5 Å². The highest BCUT2D eigenvalue weighted by atomic mass is 16.5. The zero-order valence-corrected chi connectivity index (χ0v) is 20.8. The van der Waals surface area contributed by atoms with Crippen molar-refractivity contribution in [3.63, 3.8) is 0 Å². The van der Waals surface area contributed by atoms with Crippen molar-refractivity contribution >= 4 is 5.91 Å². The Kier molecular flexibility index (Phi) is 7.73. The topological polar surface area (TPSA) is 91.7 Å². The second kappa shape index (κ2) is 10.9. The molecular formula is C27H33N5O3. The van der Waals surface area contributed by atoms with Gasteiger partial charge in [0, 0.05) is 55.3 Å². The second-order valence-corrected chi connectivity index (χ2v) is 9.46.